The molecule has 1 rings (SSSR count). The van der Waals surface area contributed by atoms with Crippen LogP contribution in [-0.2, 0) is 11.3 Å². The molecular formula is C12H17NO2. The van der Waals surface area contributed by atoms with Crippen LogP contribution in [0.15, 0.2) is 24.3 Å². The van der Waals surface area contributed by atoms with Crippen LogP contribution in [0, 0.1) is 0 Å². The fraction of sp³-hybridized carbons (Fsp3) is 0.417. The highest BCUT2D eigenvalue weighted by Crippen LogP contribution is 2.15. The average molecular weight is 207 g/mol. The van der Waals surface area contributed by atoms with E-state index in [1.807, 2.05) is 24.3 Å². The lowest BCUT2D eigenvalue weighted by Crippen LogP contribution is -2.12. The van der Waals surface area contributed by atoms with Gasteiger partial charge in [-0.25, -0.2) is 0 Å². The van der Waals surface area contributed by atoms with Gasteiger partial charge in [0.25, 0.3) is 0 Å². The van der Waals surface area contributed by atoms with Gasteiger partial charge in [-0.3, -0.25) is 4.79 Å². The van der Waals surface area contributed by atoms with Crippen molar-refractivity contribution >= 4 is 5.97 Å². The Labute approximate surface area is 90.1 Å². The van der Waals surface area contributed by atoms with Crippen molar-refractivity contribution in [2.24, 2.45) is 0 Å². The average Bonchev–Trinajstić information content (AvgIpc) is 2.26. The summed E-state index contributed by atoms with van der Waals surface area (Å²) >= 11 is 0. The Morgan fingerprint density at radius 3 is 2.47 bits per heavy atom. The third-order valence-electron chi connectivity index (χ3n) is 2.43. The van der Waals surface area contributed by atoms with Gasteiger partial charge in [0.1, 0.15) is 0 Å². The van der Waals surface area contributed by atoms with E-state index in [1.54, 1.807) is 6.92 Å². The molecule has 0 heterocycles. The molecule has 0 saturated heterocycles. The first-order chi connectivity index (χ1) is 7.15. The number of carboxylic acids is 1. The summed E-state index contributed by atoms with van der Waals surface area (Å²) in [6, 6.07) is 7.70. The van der Waals surface area contributed by atoms with Gasteiger partial charge in [0.15, 0.2) is 0 Å². The van der Waals surface area contributed by atoms with Crippen LogP contribution in [0.5, 0.6) is 0 Å². The van der Waals surface area contributed by atoms with Crippen molar-refractivity contribution in [2.45, 2.75) is 26.3 Å². The minimum atomic E-state index is -0.783. The number of hydrogen-bond donors (Lipinski definition) is 2. The van der Waals surface area contributed by atoms with Gasteiger partial charge in [-0.1, -0.05) is 31.2 Å². The van der Waals surface area contributed by atoms with E-state index in [2.05, 4.69) is 12.2 Å². The van der Waals surface area contributed by atoms with Gasteiger partial charge in [0.2, 0.25) is 0 Å². The maximum absolute atomic E-state index is 10.7. The molecule has 1 atom stereocenters. The minimum absolute atomic E-state index is 0.432. The predicted molar refractivity (Wildman–Crippen MR) is 59.9 cm³/mol. The van der Waals surface area contributed by atoms with Crippen molar-refractivity contribution < 1.29 is 9.90 Å². The Morgan fingerprint density at radius 1 is 1.40 bits per heavy atom. The van der Waals surface area contributed by atoms with Crippen molar-refractivity contribution in [1.82, 2.24) is 5.32 Å². The van der Waals surface area contributed by atoms with Gasteiger partial charge >= 0.3 is 5.97 Å². The second-order valence-electron chi connectivity index (χ2n) is 3.58. The minimum Gasteiger partial charge on any atom is -0.481 e. The summed E-state index contributed by atoms with van der Waals surface area (Å²) in [5.74, 6) is -1.22. The highest BCUT2D eigenvalue weighted by atomic mass is 16.4. The zero-order chi connectivity index (χ0) is 11.3. The van der Waals surface area contributed by atoms with E-state index in [-0.39, 0.29) is 0 Å². The maximum Gasteiger partial charge on any atom is 0.310 e. The maximum atomic E-state index is 10.7. The quantitative estimate of drug-likeness (QED) is 0.776. The van der Waals surface area contributed by atoms with E-state index >= 15 is 0 Å². The van der Waals surface area contributed by atoms with Crippen LogP contribution in [0.1, 0.15) is 30.9 Å². The fourth-order valence-electron chi connectivity index (χ4n) is 1.34. The molecule has 0 radical (unpaired) electrons. The number of carbonyl (C=O) groups is 1. The lowest BCUT2D eigenvalue weighted by molar-refractivity contribution is -0.138. The van der Waals surface area contributed by atoms with Gasteiger partial charge < -0.3 is 10.4 Å². The Morgan fingerprint density at radius 2 is 2.00 bits per heavy atom. The lowest BCUT2D eigenvalue weighted by Gasteiger charge is -2.07. The normalized spacial score (nSPS) is 12.4. The Bertz CT molecular complexity index is 319. The van der Waals surface area contributed by atoms with Crippen LogP contribution >= 0.6 is 0 Å². The van der Waals surface area contributed by atoms with Crippen LogP contribution in [0.2, 0.25) is 0 Å². The van der Waals surface area contributed by atoms with Crippen LogP contribution in [-0.4, -0.2) is 17.6 Å². The van der Waals surface area contributed by atoms with Gasteiger partial charge in [-0.05, 0) is 24.6 Å². The number of hydrogen-bond acceptors (Lipinski definition) is 2. The molecule has 1 aromatic carbocycles. The smallest absolute Gasteiger partial charge is 0.310 e. The number of rotatable bonds is 5. The molecule has 0 fully saturated rings. The second kappa shape index (κ2) is 5.51. The Balaban J connectivity index is 2.67. The van der Waals surface area contributed by atoms with Gasteiger partial charge in [0.05, 0.1) is 5.92 Å². The summed E-state index contributed by atoms with van der Waals surface area (Å²) in [5.41, 5.74) is 2.03. The molecule has 0 aromatic heterocycles. The summed E-state index contributed by atoms with van der Waals surface area (Å²) in [6.07, 6.45) is 0. The van der Waals surface area contributed by atoms with Crippen LogP contribution in [0.3, 0.4) is 0 Å². The number of carboxylic acid groups (broad SMARTS) is 1. The summed E-state index contributed by atoms with van der Waals surface area (Å²) in [6.45, 7) is 5.52. The topological polar surface area (TPSA) is 49.3 Å². The number of benzene rings is 1. The monoisotopic (exact) mass is 207 g/mol. The standard InChI is InChI=1S/C12H17NO2/c1-3-13-8-10-4-6-11(7-5-10)9(2)12(14)15/h4-7,9,13H,3,8H2,1-2H3,(H,14,15). The molecule has 15 heavy (non-hydrogen) atoms. The first-order valence-corrected chi connectivity index (χ1v) is 5.17. The highest BCUT2D eigenvalue weighted by molar-refractivity contribution is 5.75. The van der Waals surface area contributed by atoms with Crippen molar-refractivity contribution in [1.29, 1.82) is 0 Å². The fourth-order valence-corrected chi connectivity index (χ4v) is 1.34. The molecule has 0 spiro atoms. The molecule has 0 saturated carbocycles. The van der Waals surface area contributed by atoms with E-state index in [9.17, 15) is 4.79 Å². The molecule has 0 aliphatic heterocycles. The second-order valence-corrected chi connectivity index (χ2v) is 3.58. The molecule has 2 N–H and O–H groups in total. The van der Waals surface area contributed by atoms with Crippen LogP contribution in [0.4, 0.5) is 0 Å². The molecule has 0 aliphatic rings. The van der Waals surface area contributed by atoms with Gasteiger partial charge in [-0.2, -0.15) is 0 Å². The number of nitrogens with one attached hydrogen (secondary N) is 1. The third kappa shape index (κ3) is 3.36. The predicted octanol–water partition coefficient (Wildman–Crippen LogP) is 1.98. The third-order valence-corrected chi connectivity index (χ3v) is 2.43. The molecule has 82 valence electrons. The summed E-state index contributed by atoms with van der Waals surface area (Å²) in [5, 5.41) is 12.1. The molecule has 3 nitrogen and oxygen atoms in total. The molecule has 0 aliphatic carbocycles. The molecule has 1 unspecified atom stereocenters. The molecular weight excluding hydrogens is 190 g/mol. The molecule has 1 aromatic rings. The van der Waals surface area contributed by atoms with Crippen molar-refractivity contribution in [2.75, 3.05) is 6.54 Å². The van der Waals surface area contributed by atoms with Crippen molar-refractivity contribution in [3.63, 3.8) is 0 Å². The van der Waals surface area contributed by atoms with E-state index in [1.165, 1.54) is 5.56 Å². The highest BCUT2D eigenvalue weighted by Gasteiger charge is 2.12. The van der Waals surface area contributed by atoms with Crippen molar-refractivity contribution in [3.05, 3.63) is 35.4 Å². The number of aliphatic carboxylic acids is 1. The van der Waals surface area contributed by atoms with E-state index in [4.69, 9.17) is 5.11 Å². The van der Waals surface area contributed by atoms with Crippen LogP contribution < -0.4 is 5.32 Å². The Kier molecular flexibility index (Phi) is 4.31. The van der Waals surface area contributed by atoms with Crippen LogP contribution in [0.25, 0.3) is 0 Å². The Hall–Kier alpha value is -1.35. The van der Waals surface area contributed by atoms with E-state index in [0.717, 1.165) is 18.7 Å². The van der Waals surface area contributed by atoms with Gasteiger partial charge in [0, 0.05) is 6.54 Å². The SMILES string of the molecule is CCNCc1ccc(C(C)C(=O)O)cc1. The largest absolute Gasteiger partial charge is 0.481 e. The zero-order valence-electron chi connectivity index (χ0n) is 9.16. The summed E-state index contributed by atoms with van der Waals surface area (Å²) in [4.78, 5) is 10.7. The van der Waals surface area contributed by atoms with Gasteiger partial charge in [-0.15, -0.1) is 0 Å². The van der Waals surface area contributed by atoms with E-state index in [0.29, 0.717) is 0 Å². The summed E-state index contributed by atoms with van der Waals surface area (Å²) < 4.78 is 0. The molecule has 0 amide bonds. The van der Waals surface area contributed by atoms with E-state index < -0.39 is 11.9 Å². The summed E-state index contributed by atoms with van der Waals surface area (Å²) in [7, 11) is 0. The zero-order valence-corrected chi connectivity index (χ0v) is 9.16. The van der Waals surface area contributed by atoms with Crippen molar-refractivity contribution in [3.8, 4) is 0 Å². The lowest BCUT2D eigenvalue weighted by atomic mass is 10.0. The molecule has 0 bridgehead atoms. The molecule has 3 heteroatoms. The first-order valence-electron chi connectivity index (χ1n) is 5.17. The first kappa shape index (κ1) is 11.7.